The van der Waals surface area contributed by atoms with E-state index in [1.807, 2.05) is 0 Å². The fraction of sp³-hybridized carbons (Fsp3) is 0.455. The number of halogens is 1. The summed E-state index contributed by atoms with van der Waals surface area (Å²) in [7, 11) is 1.66. The maximum absolute atomic E-state index is 11.9. The number of carbonyl (C=O) groups excluding carboxylic acids is 1. The zero-order valence-corrected chi connectivity index (χ0v) is 11.0. The van der Waals surface area contributed by atoms with Crippen molar-refractivity contribution in [2.24, 2.45) is 0 Å². The van der Waals surface area contributed by atoms with Gasteiger partial charge in [-0.1, -0.05) is 0 Å². The Balaban J connectivity index is 1.91. The molecule has 0 bridgehead atoms. The summed E-state index contributed by atoms with van der Waals surface area (Å²) in [5.74, 6) is -0.0475. The van der Waals surface area contributed by atoms with Crippen LogP contribution in [0.4, 0.5) is 5.69 Å². The lowest BCUT2D eigenvalue weighted by Crippen LogP contribution is -2.35. The van der Waals surface area contributed by atoms with Gasteiger partial charge in [0.15, 0.2) is 0 Å². The second kappa shape index (κ2) is 5.57. The third-order valence-corrected chi connectivity index (χ3v) is 3.20. The van der Waals surface area contributed by atoms with Crippen molar-refractivity contribution in [2.45, 2.75) is 18.6 Å². The van der Waals surface area contributed by atoms with Crippen LogP contribution in [-0.4, -0.2) is 36.7 Å². The highest BCUT2D eigenvalue weighted by molar-refractivity contribution is 9.10. The molecule has 2 unspecified atom stereocenters. The van der Waals surface area contributed by atoms with E-state index in [2.05, 4.69) is 31.5 Å². The molecule has 1 aromatic heterocycles. The first kappa shape index (κ1) is 12.5. The molecule has 1 saturated heterocycles. The summed E-state index contributed by atoms with van der Waals surface area (Å²) in [6.45, 7) is 0.715. The van der Waals surface area contributed by atoms with Crippen molar-refractivity contribution >= 4 is 27.5 Å². The number of methoxy groups -OCH3 is 1. The fourth-order valence-electron chi connectivity index (χ4n) is 1.76. The lowest BCUT2D eigenvalue weighted by atomic mass is 10.2. The Hall–Kier alpha value is -0.980. The fourth-order valence-corrected chi connectivity index (χ4v) is 2.00. The third kappa shape index (κ3) is 3.24. The number of carbonyl (C=O) groups is 1. The Bertz CT molecular complexity index is 396. The number of hydrogen-bond acceptors (Lipinski definition) is 4. The number of anilines is 1. The number of aromatic nitrogens is 1. The first-order chi connectivity index (χ1) is 8.19. The van der Waals surface area contributed by atoms with Gasteiger partial charge < -0.3 is 15.4 Å². The van der Waals surface area contributed by atoms with Crippen LogP contribution in [0.5, 0.6) is 0 Å². The molecule has 0 saturated carbocycles. The number of nitrogens with one attached hydrogen (secondary N) is 2. The summed E-state index contributed by atoms with van der Waals surface area (Å²) >= 11 is 3.24. The van der Waals surface area contributed by atoms with E-state index in [0.29, 0.717) is 18.7 Å². The highest BCUT2D eigenvalue weighted by Gasteiger charge is 2.29. The number of rotatable bonds is 3. The first-order valence-electron chi connectivity index (χ1n) is 5.37. The topological polar surface area (TPSA) is 63.2 Å². The molecule has 0 aliphatic carbocycles. The Morgan fingerprint density at radius 1 is 1.65 bits per heavy atom. The molecule has 1 aromatic rings. The van der Waals surface area contributed by atoms with Crippen LogP contribution in [0.3, 0.4) is 0 Å². The molecule has 6 heteroatoms. The zero-order valence-electron chi connectivity index (χ0n) is 9.44. The van der Waals surface area contributed by atoms with Gasteiger partial charge in [0.2, 0.25) is 5.91 Å². The third-order valence-electron chi connectivity index (χ3n) is 2.74. The smallest absolute Gasteiger partial charge is 0.241 e. The predicted molar refractivity (Wildman–Crippen MR) is 67.8 cm³/mol. The van der Waals surface area contributed by atoms with Crippen LogP contribution >= 0.6 is 15.9 Å². The van der Waals surface area contributed by atoms with Crippen LogP contribution in [-0.2, 0) is 9.53 Å². The van der Waals surface area contributed by atoms with Gasteiger partial charge in [-0.3, -0.25) is 4.79 Å². The van der Waals surface area contributed by atoms with E-state index >= 15 is 0 Å². The van der Waals surface area contributed by atoms with Crippen molar-refractivity contribution in [1.82, 2.24) is 10.3 Å². The van der Waals surface area contributed by atoms with Crippen molar-refractivity contribution in [3.05, 3.63) is 22.9 Å². The summed E-state index contributed by atoms with van der Waals surface area (Å²) in [5, 5.41) is 5.94. The van der Waals surface area contributed by atoms with Crippen molar-refractivity contribution < 1.29 is 9.53 Å². The van der Waals surface area contributed by atoms with E-state index in [9.17, 15) is 4.79 Å². The van der Waals surface area contributed by atoms with Crippen LogP contribution in [0.2, 0.25) is 0 Å². The molecule has 1 aliphatic heterocycles. The minimum atomic E-state index is -0.191. The molecule has 1 aliphatic rings. The van der Waals surface area contributed by atoms with E-state index in [1.54, 1.807) is 25.4 Å². The van der Waals surface area contributed by atoms with Gasteiger partial charge in [0.05, 0.1) is 24.0 Å². The first-order valence-corrected chi connectivity index (χ1v) is 6.17. The lowest BCUT2D eigenvalue weighted by Gasteiger charge is -2.10. The molecule has 92 valence electrons. The average molecular weight is 300 g/mol. The number of amides is 1. The predicted octanol–water partition coefficient (Wildman–Crippen LogP) is 1.16. The summed E-state index contributed by atoms with van der Waals surface area (Å²) in [5.41, 5.74) is 0.695. The van der Waals surface area contributed by atoms with Gasteiger partial charge in [-0.2, -0.15) is 0 Å². The number of pyridine rings is 1. The summed E-state index contributed by atoms with van der Waals surface area (Å²) < 4.78 is 5.94. The molecule has 2 atom stereocenters. The number of ether oxygens (including phenoxy) is 1. The second-order valence-corrected chi connectivity index (χ2v) is 4.73. The maximum atomic E-state index is 11.9. The molecule has 1 amide bonds. The minimum absolute atomic E-state index is 0.0475. The molecule has 1 fully saturated rings. The number of hydrogen-bond donors (Lipinski definition) is 2. The Morgan fingerprint density at radius 3 is 3.06 bits per heavy atom. The van der Waals surface area contributed by atoms with Gasteiger partial charge in [-0.25, -0.2) is 4.98 Å². The zero-order chi connectivity index (χ0) is 12.3. The molecule has 0 spiro atoms. The maximum Gasteiger partial charge on any atom is 0.241 e. The molecular formula is C11H14BrN3O2. The molecule has 5 nitrogen and oxygen atoms in total. The van der Waals surface area contributed by atoms with Gasteiger partial charge >= 0.3 is 0 Å². The van der Waals surface area contributed by atoms with Gasteiger partial charge in [0, 0.05) is 13.7 Å². The molecular weight excluding hydrogens is 286 g/mol. The Labute approximate surface area is 108 Å². The summed E-state index contributed by atoms with van der Waals surface area (Å²) in [6, 6.07) is 3.40. The monoisotopic (exact) mass is 299 g/mol. The highest BCUT2D eigenvalue weighted by Crippen LogP contribution is 2.14. The van der Waals surface area contributed by atoms with Crippen LogP contribution in [0.1, 0.15) is 6.42 Å². The standard InChI is InChI=1S/C11H14BrN3O2/c1-17-8-4-9(13-6-8)11(16)15-7-2-3-10(12)14-5-7/h2-3,5,8-9,13H,4,6H2,1H3,(H,15,16). The van der Waals surface area contributed by atoms with Crippen LogP contribution in [0, 0.1) is 0 Å². The molecule has 2 rings (SSSR count). The van der Waals surface area contributed by atoms with Gasteiger partial charge in [0.1, 0.15) is 4.60 Å². The van der Waals surface area contributed by atoms with E-state index in [4.69, 9.17) is 4.74 Å². The van der Waals surface area contributed by atoms with Crippen molar-refractivity contribution in [1.29, 1.82) is 0 Å². The van der Waals surface area contributed by atoms with Crippen LogP contribution < -0.4 is 10.6 Å². The quantitative estimate of drug-likeness (QED) is 0.822. The van der Waals surface area contributed by atoms with Crippen molar-refractivity contribution in [3.8, 4) is 0 Å². The van der Waals surface area contributed by atoms with E-state index in [1.165, 1.54) is 0 Å². The van der Waals surface area contributed by atoms with E-state index < -0.39 is 0 Å². The van der Waals surface area contributed by atoms with Gasteiger partial charge in [-0.15, -0.1) is 0 Å². The second-order valence-electron chi connectivity index (χ2n) is 3.91. The van der Waals surface area contributed by atoms with Crippen LogP contribution in [0.25, 0.3) is 0 Å². The molecule has 2 N–H and O–H groups in total. The van der Waals surface area contributed by atoms with E-state index in [-0.39, 0.29) is 18.1 Å². The molecule has 2 heterocycles. The lowest BCUT2D eigenvalue weighted by molar-refractivity contribution is -0.118. The minimum Gasteiger partial charge on any atom is -0.380 e. The van der Waals surface area contributed by atoms with E-state index in [0.717, 1.165) is 4.60 Å². The Kier molecular flexibility index (Phi) is 4.09. The molecule has 0 aromatic carbocycles. The molecule has 0 radical (unpaired) electrons. The SMILES string of the molecule is COC1CNC(C(=O)Nc2ccc(Br)nc2)C1. The van der Waals surface area contributed by atoms with Gasteiger partial charge in [0.25, 0.3) is 0 Å². The average Bonchev–Trinajstić information content (AvgIpc) is 2.81. The number of nitrogens with zero attached hydrogens (tertiary/aromatic N) is 1. The molecule has 17 heavy (non-hydrogen) atoms. The highest BCUT2D eigenvalue weighted by atomic mass is 79.9. The largest absolute Gasteiger partial charge is 0.380 e. The normalized spacial score (nSPS) is 23.6. The van der Waals surface area contributed by atoms with Crippen LogP contribution in [0.15, 0.2) is 22.9 Å². The Morgan fingerprint density at radius 2 is 2.47 bits per heavy atom. The summed E-state index contributed by atoms with van der Waals surface area (Å²) in [6.07, 6.45) is 2.44. The summed E-state index contributed by atoms with van der Waals surface area (Å²) in [4.78, 5) is 15.9. The van der Waals surface area contributed by atoms with Crippen molar-refractivity contribution in [3.63, 3.8) is 0 Å². The van der Waals surface area contributed by atoms with Crippen molar-refractivity contribution in [2.75, 3.05) is 19.0 Å². The van der Waals surface area contributed by atoms with Gasteiger partial charge in [-0.05, 0) is 34.5 Å².